The van der Waals surface area contributed by atoms with Crippen LogP contribution in [0, 0.1) is 6.92 Å². The molecule has 0 aromatic heterocycles. The third kappa shape index (κ3) is 7.18. The fraction of sp³-hybridized carbons (Fsp3) is 0.138. The van der Waals surface area contributed by atoms with Crippen LogP contribution in [0.2, 0.25) is 5.02 Å². The normalized spacial score (nSPS) is 11.5. The van der Waals surface area contributed by atoms with Crippen LogP contribution in [0.5, 0.6) is 5.75 Å². The number of benzene rings is 4. The van der Waals surface area contributed by atoms with Crippen LogP contribution in [0.15, 0.2) is 107 Å². The Balaban J connectivity index is 1.57. The number of nitrogens with zero attached hydrogens (tertiary/aromatic N) is 1. The number of amides is 1. The third-order valence-corrected chi connectivity index (χ3v) is 9.37. The van der Waals surface area contributed by atoms with Crippen molar-refractivity contribution in [2.24, 2.45) is 0 Å². The van der Waals surface area contributed by atoms with Crippen LogP contribution in [0.4, 0.5) is 17.1 Å². The summed E-state index contributed by atoms with van der Waals surface area (Å²) in [4.78, 5) is 13.1. The van der Waals surface area contributed by atoms with Crippen molar-refractivity contribution in [3.8, 4) is 5.75 Å². The van der Waals surface area contributed by atoms with E-state index in [9.17, 15) is 21.6 Å². The quantitative estimate of drug-likeness (QED) is 0.224. The molecule has 0 spiro atoms. The number of carbonyl (C=O) groups is 1. The van der Waals surface area contributed by atoms with E-state index in [1.54, 1.807) is 56.3 Å². The highest BCUT2D eigenvalue weighted by Gasteiger charge is 2.29. The van der Waals surface area contributed by atoms with Crippen molar-refractivity contribution >= 4 is 54.6 Å². The molecule has 2 N–H and O–H groups in total. The second kappa shape index (κ2) is 12.6. The summed E-state index contributed by atoms with van der Waals surface area (Å²) in [6, 6.07) is 24.7. The summed E-state index contributed by atoms with van der Waals surface area (Å²) in [6.45, 7) is 3.26. The average molecular weight is 614 g/mol. The number of aryl methyl sites for hydroxylation is 1. The maximum absolute atomic E-state index is 13.7. The lowest BCUT2D eigenvalue weighted by Gasteiger charge is -2.26. The minimum absolute atomic E-state index is 0.00339. The molecule has 0 unspecified atom stereocenters. The largest absolute Gasteiger partial charge is 0.492 e. The van der Waals surface area contributed by atoms with Crippen LogP contribution in [-0.4, -0.2) is 35.9 Å². The second-order valence-corrected chi connectivity index (χ2v) is 12.8. The van der Waals surface area contributed by atoms with Crippen molar-refractivity contribution in [2.45, 2.75) is 23.6 Å². The molecule has 0 atom stereocenters. The van der Waals surface area contributed by atoms with E-state index in [0.717, 1.165) is 9.87 Å². The summed E-state index contributed by atoms with van der Waals surface area (Å²) in [5.74, 6) is -0.362. The summed E-state index contributed by atoms with van der Waals surface area (Å²) in [5.41, 5.74) is 1.69. The SMILES string of the molecule is CCOc1ccccc1N(CC(=O)Nc1ccc(S(=O)(=O)Nc2ccccc2C)cc1)S(=O)(=O)c1ccc(Cl)cc1. The standard InChI is InChI=1S/C29H28ClN3O6S2/c1-3-39-28-11-7-6-10-27(28)33(41(37,38)25-16-12-22(30)13-17-25)20-29(34)31-23-14-18-24(19-15-23)40(35,36)32-26-9-5-4-8-21(26)2/h4-19,32H,3,20H2,1-2H3,(H,31,34). The lowest BCUT2D eigenvalue weighted by Crippen LogP contribution is -2.38. The molecule has 4 aromatic carbocycles. The van der Waals surface area contributed by atoms with Crippen molar-refractivity contribution in [3.63, 3.8) is 0 Å². The van der Waals surface area contributed by atoms with Gasteiger partial charge < -0.3 is 10.1 Å². The smallest absolute Gasteiger partial charge is 0.264 e. The summed E-state index contributed by atoms with van der Waals surface area (Å²) in [6.07, 6.45) is 0. The highest BCUT2D eigenvalue weighted by molar-refractivity contribution is 7.93. The number of rotatable bonds is 11. The predicted molar refractivity (Wildman–Crippen MR) is 161 cm³/mol. The van der Waals surface area contributed by atoms with Crippen LogP contribution >= 0.6 is 11.6 Å². The van der Waals surface area contributed by atoms with Crippen LogP contribution in [0.1, 0.15) is 12.5 Å². The molecule has 1 amide bonds. The molecule has 0 saturated carbocycles. The molecule has 0 bridgehead atoms. The van der Waals surface area contributed by atoms with E-state index in [4.69, 9.17) is 16.3 Å². The first-order valence-electron chi connectivity index (χ1n) is 12.5. The van der Waals surface area contributed by atoms with E-state index in [0.29, 0.717) is 10.7 Å². The Bertz CT molecular complexity index is 1740. The molecule has 9 nitrogen and oxygen atoms in total. The molecule has 0 saturated heterocycles. The van der Waals surface area contributed by atoms with E-state index in [-0.39, 0.29) is 33.5 Å². The summed E-state index contributed by atoms with van der Waals surface area (Å²) in [5, 5.41) is 3.01. The first-order chi connectivity index (χ1) is 19.5. The summed E-state index contributed by atoms with van der Waals surface area (Å²) < 4.78 is 62.2. The Hall–Kier alpha value is -4.06. The number of carbonyl (C=O) groups excluding carboxylic acids is 1. The number of sulfonamides is 2. The van der Waals surface area contributed by atoms with Crippen LogP contribution in [-0.2, 0) is 24.8 Å². The van der Waals surface area contributed by atoms with Gasteiger partial charge in [0.05, 0.1) is 27.8 Å². The molecule has 12 heteroatoms. The zero-order valence-electron chi connectivity index (χ0n) is 22.2. The lowest BCUT2D eigenvalue weighted by atomic mass is 10.2. The average Bonchev–Trinajstić information content (AvgIpc) is 2.94. The number of para-hydroxylation sites is 3. The van der Waals surface area contributed by atoms with Crippen molar-refractivity contribution in [2.75, 3.05) is 27.5 Å². The Kier molecular flexibility index (Phi) is 9.21. The fourth-order valence-electron chi connectivity index (χ4n) is 3.91. The van der Waals surface area contributed by atoms with E-state index in [1.807, 2.05) is 6.07 Å². The van der Waals surface area contributed by atoms with Crippen molar-refractivity contribution in [1.82, 2.24) is 0 Å². The second-order valence-electron chi connectivity index (χ2n) is 8.86. The first-order valence-corrected chi connectivity index (χ1v) is 15.8. The van der Waals surface area contributed by atoms with Gasteiger partial charge in [-0.05, 0) is 86.1 Å². The number of hydrogen-bond donors (Lipinski definition) is 2. The van der Waals surface area contributed by atoms with Gasteiger partial charge in [0.25, 0.3) is 20.0 Å². The van der Waals surface area contributed by atoms with Gasteiger partial charge in [0, 0.05) is 10.7 Å². The zero-order chi connectivity index (χ0) is 29.6. The molecular weight excluding hydrogens is 586 g/mol. The molecule has 0 aliphatic carbocycles. The molecule has 0 fully saturated rings. The van der Waals surface area contributed by atoms with Crippen LogP contribution in [0.25, 0.3) is 0 Å². The fourth-order valence-corrected chi connectivity index (χ4v) is 6.60. The monoisotopic (exact) mass is 613 g/mol. The van der Waals surface area contributed by atoms with Gasteiger partial charge in [0.2, 0.25) is 5.91 Å². The topological polar surface area (TPSA) is 122 Å². The van der Waals surface area contributed by atoms with Crippen molar-refractivity contribution in [3.05, 3.63) is 108 Å². The summed E-state index contributed by atoms with van der Waals surface area (Å²) >= 11 is 5.95. The van der Waals surface area contributed by atoms with Crippen LogP contribution < -0.4 is 19.1 Å². The minimum Gasteiger partial charge on any atom is -0.492 e. The molecule has 4 rings (SSSR count). The summed E-state index contributed by atoms with van der Waals surface area (Å²) in [7, 11) is -8.09. The molecule has 0 aliphatic rings. The van der Waals surface area contributed by atoms with Gasteiger partial charge in [-0.1, -0.05) is 41.9 Å². The number of ether oxygens (including phenoxy) is 1. The number of halogens is 1. The molecule has 0 heterocycles. The predicted octanol–water partition coefficient (Wildman–Crippen LogP) is 5.68. The van der Waals surface area contributed by atoms with Gasteiger partial charge in [-0.15, -0.1) is 0 Å². The molecule has 214 valence electrons. The zero-order valence-corrected chi connectivity index (χ0v) is 24.6. The Morgan fingerprint density at radius 3 is 2.10 bits per heavy atom. The number of hydrogen-bond acceptors (Lipinski definition) is 6. The Morgan fingerprint density at radius 2 is 1.44 bits per heavy atom. The van der Waals surface area contributed by atoms with Gasteiger partial charge in [0.1, 0.15) is 12.3 Å². The third-order valence-electron chi connectivity index (χ3n) is 5.96. The van der Waals surface area contributed by atoms with E-state index < -0.39 is 32.5 Å². The highest BCUT2D eigenvalue weighted by Crippen LogP contribution is 2.33. The first kappa shape index (κ1) is 29.9. The van der Waals surface area contributed by atoms with Gasteiger partial charge in [0.15, 0.2) is 0 Å². The number of anilines is 3. The maximum atomic E-state index is 13.7. The molecule has 4 aromatic rings. The van der Waals surface area contributed by atoms with Gasteiger partial charge in [-0.25, -0.2) is 16.8 Å². The van der Waals surface area contributed by atoms with Gasteiger partial charge in [-0.3, -0.25) is 13.8 Å². The van der Waals surface area contributed by atoms with E-state index in [2.05, 4.69) is 10.0 Å². The van der Waals surface area contributed by atoms with Gasteiger partial charge in [-0.2, -0.15) is 0 Å². The van der Waals surface area contributed by atoms with Crippen molar-refractivity contribution in [1.29, 1.82) is 0 Å². The van der Waals surface area contributed by atoms with Crippen LogP contribution in [0.3, 0.4) is 0 Å². The van der Waals surface area contributed by atoms with E-state index >= 15 is 0 Å². The van der Waals surface area contributed by atoms with E-state index in [1.165, 1.54) is 48.5 Å². The molecular formula is C29H28ClN3O6S2. The Morgan fingerprint density at radius 1 is 0.829 bits per heavy atom. The Labute approximate surface area is 244 Å². The van der Waals surface area contributed by atoms with Gasteiger partial charge >= 0.3 is 0 Å². The molecule has 41 heavy (non-hydrogen) atoms. The number of nitrogens with one attached hydrogen (secondary N) is 2. The van der Waals surface area contributed by atoms with Crippen molar-refractivity contribution < 1.29 is 26.4 Å². The molecule has 0 radical (unpaired) electrons. The maximum Gasteiger partial charge on any atom is 0.264 e. The highest BCUT2D eigenvalue weighted by atomic mass is 35.5. The minimum atomic E-state index is -4.21. The molecule has 0 aliphatic heterocycles. The lowest BCUT2D eigenvalue weighted by molar-refractivity contribution is -0.114.